The lowest BCUT2D eigenvalue weighted by atomic mass is 10.1. The van der Waals surface area contributed by atoms with Gasteiger partial charge in [-0.25, -0.2) is 19.7 Å². The van der Waals surface area contributed by atoms with Gasteiger partial charge in [-0.3, -0.25) is 4.57 Å². The van der Waals surface area contributed by atoms with Crippen LogP contribution in [0.5, 0.6) is 0 Å². The van der Waals surface area contributed by atoms with Crippen LogP contribution in [0.25, 0.3) is 10.9 Å². The average Bonchev–Trinajstić information content (AvgIpc) is 3.02. The van der Waals surface area contributed by atoms with Crippen LogP contribution >= 0.6 is 11.6 Å². The first kappa shape index (κ1) is 20.6. The van der Waals surface area contributed by atoms with E-state index in [1.54, 1.807) is 9.47 Å². The van der Waals surface area contributed by atoms with E-state index in [0.29, 0.717) is 49.4 Å². The number of nitrogens with one attached hydrogen (secondary N) is 2. The molecule has 0 saturated carbocycles. The number of hydrogen-bond acceptors (Lipinski definition) is 6. The van der Waals surface area contributed by atoms with Crippen molar-refractivity contribution in [3.8, 4) is 0 Å². The van der Waals surface area contributed by atoms with Crippen LogP contribution in [0.2, 0.25) is 5.02 Å². The first-order chi connectivity index (χ1) is 15.5. The molecule has 1 atom stereocenters. The first-order valence-electron chi connectivity index (χ1n) is 10.8. The van der Waals surface area contributed by atoms with Crippen molar-refractivity contribution in [1.29, 1.82) is 0 Å². The molecule has 4 N–H and O–H groups in total. The molecule has 3 aromatic rings. The maximum Gasteiger partial charge on any atom is 0.343 e. The SMILES string of the molecule is Nc1cc(N2CCN(C(=O)NC3CCCCn4c3n[nH]c4=O)CC2)c2ccc(Cl)cc2n1. The summed E-state index contributed by atoms with van der Waals surface area (Å²) < 4.78 is 1.63. The monoisotopic (exact) mass is 456 g/mol. The second kappa shape index (κ2) is 8.34. The average molecular weight is 457 g/mol. The van der Waals surface area contributed by atoms with E-state index in [9.17, 15) is 9.59 Å². The topological polar surface area (TPSA) is 125 Å². The largest absolute Gasteiger partial charge is 0.384 e. The van der Waals surface area contributed by atoms with Crippen LogP contribution in [-0.4, -0.2) is 56.9 Å². The predicted octanol–water partition coefficient (Wildman–Crippen LogP) is 2.11. The normalized spacial score (nSPS) is 19.0. The Morgan fingerprint density at radius 2 is 1.97 bits per heavy atom. The molecule has 32 heavy (non-hydrogen) atoms. The number of anilines is 2. The number of carbonyl (C=O) groups excluding carboxylic acids is 1. The minimum Gasteiger partial charge on any atom is -0.384 e. The molecule has 0 radical (unpaired) electrons. The van der Waals surface area contributed by atoms with Gasteiger partial charge in [0.2, 0.25) is 0 Å². The molecule has 0 bridgehead atoms. The molecule has 2 amide bonds. The van der Waals surface area contributed by atoms with Crippen molar-refractivity contribution >= 4 is 40.0 Å². The number of rotatable bonds is 2. The summed E-state index contributed by atoms with van der Waals surface area (Å²) >= 11 is 6.12. The van der Waals surface area contributed by atoms with Gasteiger partial charge in [-0.2, -0.15) is 5.10 Å². The van der Waals surface area contributed by atoms with Crippen molar-refractivity contribution in [1.82, 2.24) is 30.0 Å². The first-order valence-corrected chi connectivity index (χ1v) is 11.2. The van der Waals surface area contributed by atoms with E-state index in [1.165, 1.54) is 0 Å². The van der Waals surface area contributed by atoms with E-state index in [4.69, 9.17) is 17.3 Å². The fraction of sp³-hybridized carbons (Fsp3) is 0.429. The zero-order valence-corrected chi connectivity index (χ0v) is 18.3. The summed E-state index contributed by atoms with van der Waals surface area (Å²) in [6, 6.07) is 7.07. The number of urea groups is 1. The summed E-state index contributed by atoms with van der Waals surface area (Å²) in [4.78, 5) is 33.3. The quantitative estimate of drug-likeness (QED) is 0.542. The Hall–Kier alpha value is -3.27. The fourth-order valence-electron chi connectivity index (χ4n) is 4.55. The van der Waals surface area contributed by atoms with Gasteiger partial charge in [0.1, 0.15) is 5.82 Å². The molecular formula is C21H25ClN8O2. The number of piperazine rings is 1. The van der Waals surface area contributed by atoms with Crippen LogP contribution in [-0.2, 0) is 6.54 Å². The van der Waals surface area contributed by atoms with Gasteiger partial charge in [-0.1, -0.05) is 11.6 Å². The Morgan fingerprint density at radius 3 is 2.78 bits per heavy atom. The number of amides is 2. The number of pyridine rings is 1. The van der Waals surface area contributed by atoms with E-state index < -0.39 is 0 Å². The number of halogens is 1. The van der Waals surface area contributed by atoms with Crippen LogP contribution in [0.3, 0.4) is 0 Å². The molecule has 2 aliphatic heterocycles. The number of benzene rings is 1. The van der Waals surface area contributed by atoms with Gasteiger partial charge in [0.05, 0.1) is 11.6 Å². The number of fused-ring (bicyclic) bond motifs is 2. The van der Waals surface area contributed by atoms with Crippen molar-refractivity contribution < 1.29 is 4.79 Å². The Kier molecular flexibility index (Phi) is 5.38. The number of nitrogens with two attached hydrogens (primary N) is 1. The number of H-pyrrole nitrogens is 1. The van der Waals surface area contributed by atoms with Crippen LogP contribution < -0.4 is 21.6 Å². The zero-order valence-electron chi connectivity index (χ0n) is 17.6. The number of hydrogen-bond donors (Lipinski definition) is 3. The van der Waals surface area contributed by atoms with Crippen molar-refractivity contribution in [3.63, 3.8) is 0 Å². The molecule has 0 spiro atoms. The molecule has 1 unspecified atom stereocenters. The lowest BCUT2D eigenvalue weighted by molar-refractivity contribution is 0.189. The highest BCUT2D eigenvalue weighted by Crippen LogP contribution is 2.30. The summed E-state index contributed by atoms with van der Waals surface area (Å²) in [5, 5.41) is 11.3. The van der Waals surface area contributed by atoms with Crippen LogP contribution in [0, 0.1) is 0 Å². The van der Waals surface area contributed by atoms with E-state index in [1.807, 2.05) is 24.3 Å². The molecule has 0 aliphatic carbocycles. The fourth-order valence-corrected chi connectivity index (χ4v) is 4.72. The van der Waals surface area contributed by atoms with Gasteiger partial charge < -0.3 is 20.9 Å². The Labute approximate surface area is 189 Å². The van der Waals surface area contributed by atoms with Crippen LogP contribution in [0.1, 0.15) is 31.1 Å². The predicted molar refractivity (Wildman–Crippen MR) is 123 cm³/mol. The third-order valence-electron chi connectivity index (χ3n) is 6.20. The zero-order chi connectivity index (χ0) is 22.2. The molecule has 4 heterocycles. The summed E-state index contributed by atoms with van der Waals surface area (Å²) in [6.07, 6.45) is 2.59. The van der Waals surface area contributed by atoms with E-state index >= 15 is 0 Å². The molecule has 10 nitrogen and oxygen atoms in total. The van der Waals surface area contributed by atoms with Crippen LogP contribution in [0.4, 0.5) is 16.3 Å². The molecule has 2 aromatic heterocycles. The standard InChI is InChI=1S/C21H25ClN8O2/c22-13-4-5-14-16(11-13)24-18(23)12-17(14)28-7-9-29(10-8-28)20(31)25-15-3-1-2-6-30-19(15)26-27-21(30)32/h4-5,11-12,15H,1-3,6-10H2,(H2,23,24)(H,25,31)(H,27,32). The highest BCUT2D eigenvalue weighted by atomic mass is 35.5. The lowest BCUT2D eigenvalue weighted by Gasteiger charge is -2.37. The highest BCUT2D eigenvalue weighted by molar-refractivity contribution is 6.31. The number of aromatic nitrogens is 4. The number of aromatic amines is 1. The molecule has 11 heteroatoms. The number of nitrogens with zero attached hydrogens (tertiary/aromatic N) is 5. The number of carbonyl (C=O) groups is 1. The van der Waals surface area contributed by atoms with E-state index in [0.717, 1.165) is 35.9 Å². The van der Waals surface area contributed by atoms with Gasteiger partial charge in [0.15, 0.2) is 5.82 Å². The van der Waals surface area contributed by atoms with Crippen molar-refractivity contribution in [2.24, 2.45) is 0 Å². The van der Waals surface area contributed by atoms with Crippen LogP contribution in [0.15, 0.2) is 29.1 Å². The summed E-state index contributed by atoms with van der Waals surface area (Å²) in [5.41, 5.74) is 7.55. The Morgan fingerprint density at radius 1 is 1.16 bits per heavy atom. The lowest BCUT2D eigenvalue weighted by Crippen LogP contribution is -2.52. The summed E-state index contributed by atoms with van der Waals surface area (Å²) in [6.45, 7) is 3.12. The molecule has 1 aromatic carbocycles. The van der Waals surface area contributed by atoms with E-state index in [-0.39, 0.29) is 17.8 Å². The minimum atomic E-state index is -0.268. The third kappa shape index (κ3) is 3.86. The second-order valence-corrected chi connectivity index (χ2v) is 8.67. The van der Waals surface area contributed by atoms with Gasteiger partial charge in [-0.15, -0.1) is 0 Å². The van der Waals surface area contributed by atoms with E-state index in [2.05, 4.69) is 25.4 Å². The number of nitrogen functional groups attached to an aromatic ring is 1. The second-order valence-electron chi connectivity index (χ2n) is 8.24. The van der Waals surface area contributed by atoms with Crippen molar-refractivity contribution in [2.45, 2.75) is 31.8 Å². The summed E-state index contributed by atoms with van der Waals surface area (Å²) in [5.74, 6) is 1.05. The summed E-state index contributed by atoms with van der Waals surface area (Å²) in [7, 11) is 0. The van der Waals surface area contributed by atoms with Gasteiger partial charge >= 0.3 is 11.7 Å². The smallest absolute Gasteiger partial charge is 0.343 e. The highest BCUT2D eigenvalue weighted by Gasteiger charge is 2.28. The molecule has 2 aliphatic rings. The molecule has 168 valence electrons. The maximum absolute atomic E-state index is 13.0. The molecule has 1 saturated heterocycles. The van der Waals surface area contributed by atoms with Crippen molar-refractivity contribution in [2.75, 3.05) is 36.8 Å². The Bertz CT molecular complexity index is 1210. The molecule has 1 fully saturated rings. The Balaban J connectivity index is 1.28. The van der Waals surface area contributed by atoms with Gasteiger partial charge in [-0.05, 0) is 37.5 Å². The van der Waals surface area contributed by atoms with Crippen molar-refractivity contribution in [3.05, 3.63) is 45.6 Å². The molecular weight excluding hydrogens is 432 g/mol. The third-order valence-corrected chi connectivity index (χ3v) is 6.43. The molecule has 5 rings (SSSR count). The van der Waals surface area contributed by atoms with Gasteiger partial charge in [0, 0.05) is 54.9 Å². The van der Waals surface area contributed by atoms with Gasteiger partial charge in [0.25, 0.3) is 0 Å². The minimum absolute atomic E-state index is 0.135. The maximum atomic E-state index is 13.0.